The molecular formula is C23H23N7O. The van der Waals surface area contributed by atoms with E-state index in [1.807, 2.05) is 32.0 Å². The molecule has 1 amide bonds. The number of amides is 1. The lowest BCUT2D eigenvalue weighted by atomic mass is 9.85. The third-order valence-electron chi connectivity index (χ3n) is 6.21. The third kappa shape index (κ3) is 3.42. The minimum absolute atomic E-state index is 0.0600. The number of aromatic nitrogens is 5. The van der Waals surface area contributed by atoms with Crippen LogP contribution in [0.1, 0.15) is 59.9 Å². The number of nitriles is 1. The molecule has 0 bridgehead atoms. The number of benzene rings is 1. The van der Waals surface area contributed by atoms with E-state index in [0.717, 1.165) is 39.5 Å². The number of hydrogen-bond acceptors (Lipinski definition) is 5. The number of H-pyrrole nitrogens is 1. The topological polar surface area (TPSA) is 112 Å². The Bertz CT molecular complexity index is 1350. The quantitative estimate of drug-likeness (QED) is 0.515. The molecule has 8 heteroatoms. The zero-order chi connectivity index (χ0) is 21.5. The predicted octanol–water partition coefficient (Wildman–Crippen LogP) is 3.93. The van der Waals surface area contributed by atoms with E-state index >= 15 is 0 Å². The minimum Gasteiger partial charge on any atom is -0.342 e. The van der Waals surface area contributed by atoms with E-state index in [2.05, 4.69) is 31.4 Å². The molecule has 5 rings (SSSR count). The number of fused-ring (bicyclic) bond motifs is 2. The van der Waals surface area contributed by atoms with Crippen LogP contribution < -0.4 is 5.32 Å². The maximum absolute atomic E-state index is 12.6. The molecule has 0 atom stereocenters. The maximum Gasteiger partial charge on any atom is 0.224 e. The van der Waals surface area contributed by atoms with Crippen molar-refractivity contribution in [2.24, 2.45) is 0 Å². The normalized spacial score (nSPS) is 14.0. The van der Waals surface area contributed by atoms with Gasteiger partial charge in [0, 0.05) is 29.4 Å². The predicted molar refractivity (Wildman–Crippen MR) is 117 cm³/mol. The van der Waals surface area contributed by atoms with Crippen LogP contribution in [0.25, 0.3) is 16.7 Å². The first-order valence-electron chi connectivity index (χ1n) is 10.6. The van der Waals surface area contributed by atoms with Gasteiger partial charge in [0.2, 0.25) is 5.91 Å². The van der Waals surface area contributed by atoms with Crippen molar-refractivity contribution in [3.05, 3.63) is 52.7 Å². The molecule has 3 heterocycles. The fourth-order valence-corrected chi connectivity index (χ4v) is 4.20. The Morgan fingerprint density at radius 1 is 1.32 bits per heavy atom. The summed E-state index contributed by atoms with van der Waals surface area (Å²) >= 11 is 0. The number of nitrogens with one attached hydrogen (secondary N) is 2. The van der Waals surface area contributed by atoms with Crippen LogP contribution in [-0.2, 0) is 11.2 Å². The van der Waals surface area contributed by atoms with Crippen molar-refractivity contribution in [2.45, 2.75) is 51.9 Å². The van der Waals surface area contributed by atoms with E-state index in [9.17, 15) is 10.1 Å². The fourth-order valence-electron chi connectivity index (χ4n) is 4.20. The Kier molecular flexibility index (Phi) is 4.66. The van der Waals surface area contributed by atoms with Crippen molar-refractivity contribution >= 4 is 28.3 Å². The van der Waals surface area contributed by atoms with Crippen LogP contribution >= 0.6 is 0 Å². The number of carbonyl (C=O) groups excluding carboxylic acids is 1. The fraction of sp³-hybridized carbons (Fsp3) is 0.348. The van der Waals surface area contributed by atoms with Crippen LogP contribution in [0, 0.1) is 25.2 Å². The second kappa shape index (κ2) is 7.51. The first kappa shape index (κ1) is 19.2. The number of imidazole rings is 1. The van der Waals surface area contributed by atoms with E-state index in [1.54, 1.807) is 4.52 Å². The highest BCUT2D eigenvalue weighted by atomic mass is 16.1. The summed E-state index contributed by atoms with van der Waals surface area (Å²) in [7, 11) is 0. The summed E-state index contributed by atoms with van der Waals surface area (Å²) in [6.07, 6.45) is 6.05. The van der Waals surface area contributed by atoms with Crippen molar-refractivity contribution in [3.8, 4) is 6.07 Å². The van der Waals surface area contributed by atoms with Gasteiger partial charge in [0.05, 0.1) is 17.2 Å². The van der Waals surface area contributed by atoms with Crippen LogP contribution in [0.4, 0.5) is 5.69 Å². The highest BCUT2D eigenvalue weighted by molar-refractivity contribution is 5.93. The zero-order valence-electron chi connectivity index (χ0n) is 17.6. The summed E-state index contributed by atoms with van der Waals surface area (Å²) < 4.78 is 1.67. The second-order valence-corrected chi connectivity index (χ2v) is 8.20. The molecule has 0 aliphatic heterocycles. The summed E-state index contributed by atoms with van der Waals surface area (Å²) in [5.74, 6) is 1.54. The summed E-state index contributed by atoms with van der Waals surface area (Å²) in [5.41, 5.74) is 6.34. The van der Waals surface area contributed by atoms with Crippen molar-refractivity contribution < 1.29 is 4.79 Å². The van der Waals surface area contributed by atoms with E-state index in [0.29, 0.717) is 30.0 Å². The summed E-state index contributed by atoms with van der Waals surface area (Å²) in [6.45, 7) is 3.84. The molecule has 2 N–H and O–H groups in total. The number of nitrogens with zero attached hydrogens (tertiary/aromatic N) is 5. The van der Waals surface area contributed by atoms with Gasteiger partial charge in [0.1, 0.15) is 17.5 Å². The smallest absolute Gasteiger partial charge is 0.224 e. The molecule has 1 aliphatic rings. The lowest BCUT2D eigenvalue weighted by Crippen LogP contribution is -2.14. The van der Waals surface area contributed by atoms with Crippen LogP contribution in [0.2, 0.25) is 0 Å². The molecule has 0 radical (unpaired) electrons. The molecule has 0 unspecified atom stereocenters. The minimum atomic E-state index is -0.0600. The van der Waals surface area contributed by atoms with Gasteiger partial charge in [-0.15, -0.1) is 0 Å². The molecule has 4 aromatic rings. The molecule has 1 aromatic carbocycles. The summed E-state index contributed by atoms with van der Waals surface area (Å²) in [4.78, 5) is 25.2. The van der Waals surface area contributed by atoms with Gasteiger partial charge in [-0.3, -0.25) is 4.79 Å². The number of aryl methyl sites for hydroxylation is 2. The van der Waals surface area contributed by atoms with Crippen LogP contribution in [0.3, 0.4) is 0 Å². The van der Waals surface area contributed by atoms with Gasteiger partial charge in [-0.05, 0) is 56.9 Å². The van der Waals surface area contributed by atoms with Gasteiger partial charge in [0.15, 0.2) is 5.65 Å². The Labute approximate surface area is 179 Å². The first-order chi connectivity index (χ1) is 15.0. The first-order valence-corrected chi connectivity index (χ1v) is 10.6. The molecule has 1 fully saturated rings. The van der Waals surface area contributed by atoms with Gasteiger partial charge in [-0.1, -0.05) is 6.42 Å². The standard InChI is InChI=1S/C23H23N7O/c1-13-18(14(2)30-23(26-13)16(11-24)12-25-30)7-9-21(31)27-17-6-8-19-20(10-17)29-22(28-19)15-4-3-5-15/h6,8,10,12,15H,3-5,7,9H2,1-2H3,(H,27,31)(H,28,29). The highest BCUT2D eigenvalue weighted by Gasteiger charge is 2.22. The average molecular weight is 413 g/mol. The zero-order valence-corrected chi connectivity index (χ0v) is 17.6. The Morgan fingerprint density at radius 2 is 2.16 bits per heavy atom. The lowest BCUT2D eigenvalue weighted by Gasteiger charge is -2.22. The van der Waals surface area contributed by atoms with Gasteiger partial charge in [0.25, 0.3) is 0 Å². The third-order valence-corrected chi connectivity index (χ3v) is 6.21. The number of aromatic amines is 1. The number of anilines is 1. The Hall–Kier alpha value is -3.73. The Morgan fingerprint density at radius 3 is 2.90 bits per heavy atom. The number of carbonyl (C=O) groups is 1. The molecule has 31 heavy (non-hydrogen) atoms. The number of rotatable bonds is 5. The van der Waals surface area contributed by atoms with Gasteiger partial charge in [-0.25, -0.2) is 14.5 Å². The Balaban J connectivity index is 1.29. The van der Waals surface area contributed by atoms with Gasteiger partial charge < -0.3 is 10.3 Å². The molecule has 3 aromatic heterocycles. The van der Waals surface area contributed by atoms with E-state index in [4.69, 9.17) is 0 Å². The molecule has 0 saturated heterocycles. The van der Waals surface area contributed by atoms with Crippen LogP contribution in [-0.4, -0.2) is 30.5 Å². The SMILES string of the molecule is Cc1nc2c(C#N)cnn2c(C)c1CCC(=O)Nc1ccc2nc(C3CCC3)[nH]c2c1. The monoisotopic (exact) mass is 413 g/mol. The largest absolute Gasteiger partial charge is 0.342 e. The molecule has 1 saturated carbocycles. The van der Waals surface area contributed by atoms with Crippen molar-refractivity contribution in [2.75, 3.05) is 5.32 Å². The van der Waals surface area contributed by atoms with Crippen molar-refractivity contribution in [1.82, 2.24) is 24.6 Å². The molecule has 0 spiro atoms. The molecule has 1 aliphatic carbocycles. The van der Waals surface area contributed by atoms with E-state index in [1.165, 1.54) is 25.5 Å². The van der Waals surface area contributed by atoms with Crippen molar-refractivity contribution in [3.63, 3.8) is 0 Å². The highest BCUT2D eigenvalue weighted by Crippen LogP contribution is 2.35. The summed E-state index contributed by atoms with van der Waals surface area (Å²) in [6, 6.07) is 7.89. The maximum atomic E-state index is 12.6. The molecule has 156 valence electrons. The van der Waals surface area contributed by atoms with Crippen LogP contribution in [0.5, 0.6) is 0 Å². The molecular weight excluding hydrogens is 390 g/mol. The van der Waals surface area contributed by atoms with E-state index in [-0.39, 0.29) is 5.91 Å². The molecule has 8 nitrogen and oxygen atoms in total. The summed E-state index contributed by atoms with van der Waals surface area (Å²) in [5, 5.41) is 16.4. The second-order valence-electron chi connectivity index (χ2n) is 8.20. The van der Waals surface area contributed by atoms with E-state index < -0.39 is 0 Å². The average Bonchev–Trinajstić information content (AvgIpc) is 3.29. The van der Waals surface area contributed by atoms with Crippen LogP contribution in [0.15, 0.2) is 24.4 Å². The lowest BCUT2D eigenvalue weighted by molar-refractivity contribution is -0.116. The van der Waals surface area contributed by atoms with Gasteiger partial charge >= 0.3 is 0 Å². The van der Waals surface area contributed by atoms with Gasteiger partial charge in [-0.2, -0.15) is 10.4 Å². The van der Waals surface area contributed by atoms with Crippen molar-refractivity contribution in [1.29, 1.82) is 5.26 Å². The number of hydrogen-bond donors (Lipinski definition) is 2.